The first-order valence-corrected chi connectivity index (χ1v) is 5.81. The zero-order chi connectivity index (χ0) is 16.1. The fraction of sp³-hybridized carbons (Fsp3) is 1.00. The Labute approximate surface area is 113 Å². The maximum absolute atomic E-state index is 13.9. The molecule has 3 nitrogen and oxygen atoms in total. The van der Waals surface area contributed by atoms with Gasteiger partial charge in [-0.15, -0.1) is 0 Å². The second-order valence-corrected chi connectivity index (χ2v) is 4.87. The maximum atomic E-state index is 13.9. The van der Waals surface area contributed by atoms with Gasteiger partial charge in [0.15, 0.2) is 0 Å². The first-order chi connectivity index (χ1) is 9.36. The molecule has 11 heteroatoms. The Morgan fingerprint density at radius 2 is 1.00 bits per heavy atom. The van der Waals surface area contributed by atoms with Crippen molar-refractivity contribution < 1.29 is 49.3 Å². The minimum atomic E-state index is -5.84. The SMILES string of the molecule is FC(F)(F)C(F)(CC1CO1)OC(F)(CC1CO1)C(F)(F)F. The highest BCUT2D eigenvalue weighted by Gasteiger charge is 2.70. The second kappa shape index (κ2) is 4.92. The highest BCUT2D eigenvalue weighted by Crippen LogP contribution is 2.50. The molecule has 4 unspecified atom stereocenters. The summed E-state index contributed by atoms with van der Waals surface area (Å²) in [5, 5.41) is 0. The van der Waals surface area contributed by atoms with Crippen molar-refractivity contribution in [3.05, 3.63) is 0 Å². The van der Waals surface area contributed by atoms with E-state index < -0.39 is 49.1 Å². The van der Waals surface area contributed by atoms with E-state index in [9.17, 15) is 35.1 Å². The summed E-state index contributed by atoms with van der Waals surface area (Å²) in [7, 11) is 0. The Morgan fingerprint density at radius 3 is 1.19 bits per heavy atom. The van der Waals surface area contributed by atoms with Crippen LogP contribution in [-0.4, -0.2) is 49.5 Å². The van der Waals surface area contributed by atoms with Crippen molar-refractivity contribution in [1.29, 1.82) is 0 Å². The van der Waals surface area contributed by atoms with Crippen LogP contribution in [0.5, 0.6) is 0 Å². The summed E-state index contributed by atoms with van der Waals surface area (Å²) < 4.78 is 116. The van der Waals surface area contributed by atoms with E-state index >= 15 is 0 Å². The van der Waals surface area contributed by atoms with Crippen LogP contribution in [0.15, 0.2) is 0 Å². The smallest absolute Gasteiger partial charge is 0.373 e. The Hall–Kier alpha value is -0.680. The van der Waals surface area contributed by atoms with Gasteiger partial charge in [-0.05, 0) is 0 Å². The van der Waals surface area contributed by atoms with E-state index in [1.807, 2.05) is 0 Å². The Balaban J connectivity index is 2.21. The van der Waals surface area contributed by atoms with Crippen LogP contribution < -0.4 is 0 Å². The van der Waals surface area contributed by atoms with Crippen LogP contribution in [-0.2, 0) is 14.2 Å². The molecule has 2 fully saturated rings. The molecule has 2 heterocycles. The topological polar surface area (TPSA) is 34.3 Å². The fourth-order valence-electron chi connectivity index (χ4n) is 1.64. The first kappa shape index (κ1) is 16.7. The lowest BCUT2D eigenvalue weighted by Crippen LogP contribution is -2.56. The van der Waals surface area contributed by atoms with Crippen molar-refractivity contribution >= 4 is 0 Å². The van der Waals surface area contributed by atoms with Crippen molar-refractivity contribution in [3.63, 3.8) is 0 Å². The van der Waals surface area contributed by atoms with Crippen molar-refractivity contribution in [3.8, 4) is 0 Å². The van der Waals surface area contributed by atoms with Crippen molar-refractivity contribution in [2.75, 3.05) is 13.2 Å². The van der Waals surface area contributed by atoms with Crippen LogP contribution in [0.25, 0.3) is 0 Å². The van der Waals surface area contributed by atoms with E-state index in [0.29, 0.717) is 0 Å². The molecular formula is C10H10F8O3. The molecular weight excluding hydrogens is 320 g/mol. The lowest BCUT2D eigenvalue weighted by Gasteiger charge is -2.36. The van der Waals surface area contributed by atoms with Crippen LogP contribution in [0.4, 0.5) is 35.1 Å². The summed E-state index contributed by atoms with van der Waals surface area (Å²) in [5.41, 5.74) is 0. The monoisotopic (exact) mass is 330 g/mol. The van der Waals surface area contributed by atoms with E-state index in [2.05, 4.69) is 14.2 Å². The van der Waals surface area contributed by atoms with Gasteiger partial charge in [0.25, 0.3) is 0 Å². The van der Waals surface area contributed by atoms with Gasteiger partial charge in [-0.1, -0.05) is 0 Å². The molecule has 2 rings (SSSR count). The molecule has 0 aromatic carbocycles. The quantitative estimate of drug-likeness (QED) is 0.555. The summed E-state index contributed by atoms with van der Waals surface area (Å²) in [6.07, 6.45) is -17.3. The number of hydrogen-bond acceptors (Lipinski definition) is 3. The van der Waals surface area contributed by atoms with Gasteiger partial charge in [-0.25, -0.2) is 8.78 Å². The molecule has 0 bridgehead atoms. The number of hydrogen-bond donors (Lipinski definition) is 0. The molecule has 0 radical (unpaired) electrons. The molecule has 0 spiro atoms. The molecule has 0 amide bonds. The fourth-order valence-corrected chi connectivity index (χ4v) is 1.64. The molecule has 2 aliphatic heterocycles. The summed E-state index contributed by atoms with van der Waals surface area (Å²) in [5.74, 6) is -9.60. The van der Waals surface area contributed by atoms with Crippen LogP contribution in [0.1, 0.15) is 12.8 Å². The molecule has 0 aliphatic carbocycles. The molecule has 0 aromatic rings. The zero-order valence-corrected chi connectivity index (χ0v) is 10.2. The molecule has 0 aromatic heterocycles. The highest BCUT2D eigenvalue weighted by atomic mass is 19.4. The third-order valence-electron chi connectivity index (χ3n) is 2.96. The van der Waals surface area contributed by atoms with E-state index in [-0.39, 0.29) is 13.2 Å². The van der Waals surface area contributed by atoms with Gasteiger partial charge in [-0.2, -0.15) is 26.3 Å². The number of ether oxygens (including phenoxy) is 3. The minimum Gasteiger partial charge on any atom is -0.373 e. The first-order valence-electron chi connectivity index (χ1n) is 5.81. The summed E-state index contributed by atoms with van der Waals surface area (Å²) >= 11 is 0. The Kier molecular flexibility index (Phi) is 3.91. The van der Waals surface area contributed by atoms with Gasteiger partial charge in [0.2, 0.25) is 0 Å². The molecule has 124 valence electrons. The number of epoxide rings is 2. The number of rotatable bonds is 6. The van der Waals surface area contributed by atoms with Crippen LogP contribution in [0.3, 0.4) is 0 Å². The van der Waals surface area contributed by atoms with E-state index in [4.69, 9.17) is 0 Å². The van der Waals surface area contributed by atoms with Gasteiger partial charge >= 0.3 is 24.1 Å². The van der Waals surface area contributed by atoms with Gasteiger partial charge in [0, 0.05) is 12.8 Å². The maximum Gasteiger partial charge on any atom is 0.448 e. The van der Waals surface area contributed by atoms with Crippen molar-refractivity contribution in [2.45, 2.75) is 49.1 Å². The van der Waals surface area contributed by atoms with E-state index in [0.717, 1.165) is 0 Å². The average molecular weight is 330 g/mol. The molecule has 0 N–H and O–H groups in total. The number of halogens is 8. The molecule has 2 aliphatic rings. The number of alkyl halides is 8. The van der Waals surface area contributed by atoms with Crippen LogP contribution in [0, 0.1) is 0 Å². The van der Waals surface area contributed by atoms with E-state index in [1.54, 1.807) is 0 Å². The molecule has 21 heavy (non-hydrogen) atoms. The predicted octanol–water partition coefficient (Wildman–Crippen LogP) is 3.04. The summed E-state index contributed by atoms with van der Waals surface area (Å²) in [6.45, 7) is -0.524. The predicted molar refractivity (Wildman–Crippen MR) is 49.6 cm³/mol. The Morgan fingerprint density at radius 1 is 0.714 bits per heavy atom. The van der Waals surface area contributed by atoms with Crippen molar-refractivity contribution in [2.24, 2.45) is 0 Å². The summed E-state index contributed by atoms with van der Waals surface area (Å²) in [4.78, 5) is 0. The van der Waals surface area contributed by atoms with Gasteiger partial charge in [0.1, 0.15) is 0 Å². The van der Waals surface area contributed by atoms with Gasteiger partial charge < -0.3 is 9.47 Å². The van der Waals surface area contributed by atoms with Gasteiger partial charge in [-0.3, -0.25) is 4.74 Å². The van der Waals surface area contributed by atoms with Crippen LogP contribution in [0.2, 0.25) is 0 Å². The zero-order valence-electron chi connectivity index (χ0n) is 10.2. The van der Waals surface area contributed by atoms with Crippen molar-refractivity contribution in [1.82, 2.24) is 0 Å². The van der Waals surface area contributed by atoms with Gasteiger partial charge in [0.05, 0.1) is 25.4 Å². The standard InChI is InChI=1S/C10H10F8O3/c11-7(9(13,14)15,1-5-3-19-5)21-8(12,10(16,17)18)2-6-4-20-6/h5-6H,1-4H2. The Bertz CT molecular complexity index is 353. The lowest BCUT2D eigenvalue weighted by atomic mass is 10.1. The molecule has 0 saturated carbocycles. The third kappa shape index (κ3) is 3.75. The largest absolute Gasteiger partial charge is 0.448 e. The average Bonchev–Trinajstić information content (AvgIpc) is 3.10. The van der Waals surface area contributed by atoms with Crippen LogP contribution >= 0.6 is 0 Å². The second-order valence-electron chi connectivity index (χ2n) is 4.87. The van der Waals surface area contributed by atoms with E-state index in [1.165, 1.54) is 0 Å². The normalized spacial score (nSPS) is 31.4. The molecule has 4 atom stereocenters. The molecule has 2 saturated heterocycles. The minimum absolute atomic E-state index is 0.262. The highest BCUT2D eigenvalue weighted by molar-refractivity contribution is 4.92. The lowest BCUT2D eigenvalue weighted by molar-refractivity contribution is -0.437. The third-order valence-corrected chi connectivity index (χ3v) is 2.96. The summed E-state index contributed by atoms with van der Waals surface area (Å²) in [6, 6.07) is 0.